The largest absolute Gasteiger partial charge is 0.383 e. The van der Waals surface area contributed by atoms with E-state index in [-0.39, 0.29) is 11.3 Å². The van der Waals surface area contributed by atoms with E-state index in [0.29, 0.717) is 25.7 Å². The van der Waals surface area contributed by atoms with Gasteiger partial charge in [-0.1, -0.05) is 13.8 Å². The summed E-state index contributed by atoms with van der Waals surface area (Å²) in [4.78, 5) is 11.8. The lowest BCUT2D eigenvalue weighted by Crippen LogP contribution is -2.27. The molecule has 0 aliphatic heterocycles. The van der Waals surface area contributed by atoms with Crippen LogP contribution >= 0.6 is 0 Å². The van der Waals surface area contributed by atoms with Gasteiger partial charge in [0.2, 0.25) is 0 Å². The molecule has 0 bridgehead atoms. The van der Waals surface area contributed by atoms with E-state index in [1.165, 1.54) is 7.05 Å². The molecule has 0 aliphatic carbocycles. The molecule has 0 saturated carbocycles. The van der Waals surface area contributed by atoms with Crippen molar-refractivity contribution in [1.82, 2.24) is 5.32 Å². The van der Waals surface area contributed by atoms with Crippen LogP contribution in [0.15, 0.2) is 12.1 Å². The number of carbonyl (C=O) groups is 1. The molecule has 1 aromatic carbocycles. The molecule has 1 aromatic rings. The molecule has 1 amide bonds. The quantitative estimate of drug-likeness (QED) is 0.726. The summed E-state index contributed by atoms with van der Waals surface area (Å²) in [5, 5.41) is 4.96. The monoisotopic (exact) mass is 300 g/mol. The van der Waals surface area contributed by atoms with Crippen molar-refractivity contribution in [3.63, 3.8) is 0 Å². The summed E-state index contributed by atoms with van der Waals surface area (Å²) < 4.78 is 32.4. The summed E-state index contributed by atoms with van der Waals surface area (Å²) in [6.07, 6.45) is 0.954. The number of hydrogen-bond acceptors (Lipinski definition) is 3. The Hall–Kier alpha value is -1.69. The molecule has 0 aromatic heterocycles. The average molecular weight is 300 g/mol. The van der Waals surface area contributed by atoms with Gasteiger partial charge in [0.1, 0.15) is 17.3 Å². The Morgan fingerprint density at radius 2 is 1.86 bits per heavy atom. The second-order valence-electron chi connectivity index (χ2n) is 5.12. The third kappa shape index (κ3) is 5.67. The maximum atomic E-state index is 13.5. The highest BCUT2D eigenvalue weighted by Gasteiger charge is 2.13. The van der Waals surface area contributed by atoms with Crippen LogP contribution in [-0.4, -0.2) is 32.7 Å². The van der Waals surface area contributed by atoms with E-state index < -0.39 is 17.5 Å². The fourth-order valence-corrected chi connectivity index (χ4v) is 1.70. The molecular formula is C15H22F2N2O2. The lowest BCUT2D eigenvalue weighted by Gasteiger charge is -2.09. The zero-order valence-corrected chi connectivity index (χ0v) is 12.6. The van der Waals surface area contributed by atoms with Gasteiger partial charge in [-0.15, -0.1) is 0 Å². The van der Waals surface area contributed by atoms with Crippen LogP contribution in [0.4, 0.5) is 14.5 Å². The molecule has 0 atom stereocenters. The first kappa shape index (κ1) is 17.4. The van der Waals surface area contributed by atoms with Gasteiger partial charge in [-0.05, 0) is 24.5 Å². The minimum absolute atomic E-state index is 0.0498. The SMILES string of the molecule is CNc1c(F)cc(C(=O)NCCOCCC(C)C)cc1F. The Bertz CT molecular complexity index is 456. The van der Waals surface area contributed by atoms with Crippen molar-refractivity contribution in [3.8, 4) is 0 Å². The zero-order chi connectivity index (χ0) is 15.8. The van der Waals surface area contributed by atoms with Gasteiger partial charge < -0.3 is 15.4 Å². The minimum Gasteiger partial charge on any atom is -0.383 e. The van der Waals surface area contributed by atoms with E-state index in [0.717, 1.165) is 18.6 Å². The summed E-state index contributed by atoms with van der Waals surface area (Å²) in [6, 6.07) is 2.01. The smallest absolute Gasteiger partial charge is 0.251 e. The molecule has 1 rings (SSSR count). The number of ether oxygens (including phenoxy) is 1. The zero-order valence-electron chi connectivity index (χ0n) is 12.6. The highest BCUT2D eigenvalue weighted by atomic mass is 19.1. The van der Waals surface area contributed by atoms with Gasteiger partial charge in [0.15, 0.2) is 0 Å². The summed E-state index contributed by atoms with van der Waals surface area (Å²) in [5.74, 6) is -1.55. The first-order chi connectivity index (χ1) is 9.95. The number of nitrogens with one attached hydrogen (secondary N) is 2. The standard InChI is InChI=1S/C15H22F2N2O2/c1-10(2)4-6-21-7-5-19-15(20)11-8-12(16)14(18-3)13(17)9-11/h8-10,18H,4-7H2,1-3H3,(H,19,20). The van der Waals surface area contributed by atoms with Crippen molar-refractivity contribution >= 4 is 11.6 Å². The van der Waals surface area contributed by atoms with Crippen molar-refractivity contribution in [1.29, 1.82) is 0 Å². The number of carbonyl (C=O) groups excluding carboxylic acids is 1. The molecule has 0 aliphatic rings. The van der Waals surface area contributed by atoms with Crippen LogP contribution in [0.25, 0.3) is 0 Å². The van der Waals surface area contributed by atoms with Gasteiger partial charge in [0.05, 0.1) is 6.61 Å². The van der Waals surface area contributed by atoms with Crippen LogP contribution in [0.5, 0.6) is 0 Å². The Morgan fingerprint density at radius 3 is 2.38 bits per heavy atom. The molecule has 2 N–H and O–H groups in total. The molecular weight excluding hydrogens is 278 g/mol. The van der Waals surface area contributed by atoms with E-state index in [9.17, 15) is 13.6 Å². The van der Waals surface area contributed by atoms with Crippen molar-refractivity contribution in [2.75, 3.05) is 32.1 Å². The molecule has 0 unspecified atom stereocenters. The Labute approximate surface area is 123 Å². The van der Waals surface area contributed by atoms with Crippen molar-refractivity contribution in [3.05, 3.63) is 29.3 Å². The van der Waals surface area contributed by atoms with E-state index in [1.807, 2.05) is 0 Å². The summed E-state index contributed by atoms with van der Waals surface area (Å²) in [5.41, 5.74) is -0.297. The van der Waals surface area contributed by atoms with Crippen LogP contribution < -0.4 is 10.6 Å². The van der Waals surface area contributed by atoms with Gasteiger partial charge in [0, 0.05) is 25.8 Å². The highest BCUT2D eigenvalue weighted by Crippen LogP contribution is 2.20. The van der Waals surface area contributed by atoms with E-state index in [1.54, 1.807) is 0 Å². The van der Waals surface area contributed by atoms with Crippen molar-refractivity contribution in [2.45, 2.75) is 20.3 Å². The fourth-order valence-electron chi connectivity index (χ4n) is 1.70. The molecule has 4 nitrogen and oxygen atoms in total. The summed E-state index contributed by atoms with van der Waals surface area (Å²) >= 11 is 0. The third-order valence-corrected chi connectivity index (χ3v) is 2.93. The number of hydrogen-bond donors (Lipinski definition) is 2. The maximum Gasteiger partial charge on any atom is 0.251 e. The lowest BCUT2D eigenvalue weighted by atomic mass is 10.1. The molecule has 0 saturated heterocycles. The van der Waals surface area contributed by atoms with Crippen LogP contribution in [0.1, 0.15) is 30.6 Å². The Kier molecular flexibility index (Phi) is 7.08. The topological polar surface area (TPSA) is 50.4 Å². The summed E-state index contributed by atoms with van der Waals surface area (Å²) in [7, 11) is 1.41. The average Bonchev–Trinajstić information content (AvgIpc) is 2.41. The predicted octanol–water partition coefficient (Wildman–Crippen LogP) is 2.80. The molecule has 0 radical (unpaired) electrons. The molecule has 0 heterocycles. The number of halogens is 2. The molecule has 0 spiro atoms. The van der Waals surface area contributed by atoms with Crippen LogP contribution in [-0.2, 0) is 4.74 Å². The Morgan fingerprint density at radius 1 is 1.24 bits per heavy atom. The second kappa shape index (κ2) is 8.56. The predicted molar refractivity (Wildman–Crippen MR) is 78.5 cm³/mol. The summed E-state index contributed by atoms with van der Waals surface area (Å²) in [6.45, 7) is 5.51. The first-order valence-corrected chi connectivity index (χ1v) is 6.98. The van der Waals surface area contributed by atoms with Crippen molar-refractivity contribution < 1.29 is 18.3 Å². The van der Waals surface area contributed by atoms with Crippen LogP contribution in [0, 0.1) is 17.6 Å². The minimum atomic E-state index is -0.796. The lowest BCUT2D eigenvalue weighted by molar-refractivity contribution is 0.0905. The fraction of sp³-hybridized carbons (Fsp3) is 0.533. The van der Waals surface area contributed by atoms with Crippen molar-refractivity contribution in [2.24, 2.45) is 5.92 Å². The van der Waals surface area contributed by atoms with Gasteiger partial charge in [0.25, 0.3) is 5.91 Å². The van der Waals surface area contributed by atoms with Crippen LogP contribution in [0.3, 0.4) is 0 Å². The van der Waals surface area contributed by atoms with Gasteiger partial charge in [-0.3, -0.25) is 4.79 Å². The number of rotatable bonds is 8. The van der Waals surface area contributed by atoms with Gasteiger partial charge in [-0.2, -0.15) is 0 Å². The Balaban J connectivity index is 2.42. The van der Waals surface area contributed by atoms with Gasteiger partial charge in [-0.25, -0.2) is 8.78 Å². The molecule has 118 valence electrons. The third-order valence-electron chi connectivity index (χ3n) is 2.93. The normalized spacial score (nSPS) is 10.8. The highest BCUT2D eigenvalue weighted by molar-refractivity contribution is 5.94. The van der Waals surface area contributed by atoms with E-state index >= 15 is 0 Å². The molecule has 21 heavy (non-hydrogen) atoms. The number of amides is 1. The maximum absolute atomic E-state index is 13.5. The second-order valence-corrected chi connectivity index (χ2v) is 5.12. The first-order valence-electron chi connectivity index (χ1n) is 6.98. The van der Waals surface area contributed by atoms with E-state index in [4.69, 9.17) is 4.74 Å². The number of anilines is 1. The van der Waals surface area contributed by atoms with Crippen LogP contribution in [0.2, 0.25) is 0 Å². The molecule has 6 heteroatoms. The number of benzene rings is 1. The van der Waals surface area contributed by atoms with Gasteiger partial charge >= 0.3 is 0 Å². The van der Waals surface area contributed by atoms with E-state index in [2.05, 4.69) is 24.5 Å². The molecule has 0 fully saturated rings.